The molecule has 1 aromatic carbocycles. The van der Waals surface area contributed by atoms with E-state index in [0.29, 0.717) is 6.61 Å². The Kier molecular flexibility index (Phi) is 8.97. The number of amides is 2. The van der Waals surface area contributed by atoms with Gasteiger partial charge in [0.25, 0.3) is 10.1 Å². The van der Waals surface area contributed by atoms with Gasteiger partial charge in [-0.15, -0.1) is 0 Å². The molecule has 0 radical (unpaired) electrons. The van der Waals surface area contributed by atoms with Crippen molar-refractivity contribution in [1.82, 2.24) is 10.2 Å². The highest BCUT2D eigenvalue weighted by molar-refractivity contribution is 7.85. The molecule has 2 bridgehead atoms. The van der Waals surface area contributed by atoms with Crippen molar-refractivity contribution in [2.45, 2.75) is 81.4 Å². The molecule has 0 unspecified atom stereocenters. The summed E-state index contributed by atoms with van der Waals surface area (Å²) in [6.45, 7) is 4.03. The maximum atomic E-state index is 13.6. The highest BCUT2D eigenvalue weighted by Gasteiger charge is 2.53. The Morgan fingerprint density at radius 3 is 2.19 bits per heavy atom. The third-order valence-corrected chi connectivity index (χ3v) is 8.65. The van der Waals surface area contributed by atoms with Gasteiger partial charge >= 0.3 is 5.97 Å². The maximum Gasteiger partial charge on any atom is 0.312 e. The van der Waals surface area contributed by atoms with Crippen molar-refractivity contribution in [1.29, 1.82) is 0 Å². The van der Waals surface area contributed by atoms with Crippen LogP contribution in [0.2, 0.25) is 0 Å². The summed E-state index contributed by atoms with van der Waals surface area (Å²) in [5.41, 5.74) is 5.72. The van der Waals surface area contributed by atoms with Crippen LogP contribution in [0.4, 0.5) is 4.39 Å². The summed E-state index contributed by atoms with van der Waals surface area (Å²) in [4.78, 5) is 37.4. The third-order valence-electron chi connectivity index (χ3n) is 7.79. The number of hydrogen-bond donors (Lipinski definition) is 3. The van der Waals surface area contributed by atoms with Gasteiger partial charge < -0.3 is 20.7 Å². The van der Waals surface area contributed by atoms with Crippen molar-refractivity contribution >= 4 is 27.9 Å². The Bertz CT molecular complexity index is 1090. The van der Waals surface area contributed by atoms with Crippen LogP contribution in [0, 0.1) is 12.3 Å². The number of nitrogens with two attached hydrogens (primary N) is 1. The molecule has 4 N–H and O–H groups in total. The second kappa shape index (κ2) is 11.4. The van der Waals surface area contributed by atoms with Gasteiger partial charge in [-0.1, -0.05) is 17.7 Å². The molecule has 1 aromatic rings. The first kappa shape index (κ1) is 29.0. The fourth-order valence-electron chi connectivity index (χ4n) is 5.45. The number of primary amides is 1. The lowest BCUT2D eigenvalue weighted by Crippen LogP contribution is -2.59. The molecular formula is C25H36FN3O7S. The zero-order valence-electron chi connectivity index (χ0n) is 21.2. The molecular weight excluding hydrogens is 505 g/mol. The van der Waals surface area contributed by atoms with Crippen LogP contribution in [-0.2, 0) is 29.2 Å². The molecule has 0 aromatic heterocycles. The summed E-state index contributed by atoms with van der Waals surface area (Å²) < 4.78 is 48.4. The van der Waals surface area contributed by atoms with Crippen molar-refractivity contribution in [2.75, 3.05) is 19.7 Å². The zero-order chi connectivity index (χ0) is 27.4. The highest BCUT2D eigenvalue weighted by Crippen LogP contribution is 2.52. The van der Waals surface area contributed by atoms with Crippen molar-refractivity contribution in [3.05, 3.63) is 29.8 Å². The number of fused-ring (bicyclic) bond motifs is 3. The average molecular weight is 542 g/mol. The van der Waals surface area contributed by atoms with E-state index in [9.17, 15) is 27.2 Å². The predicted molar refractivity (Wildman–Crippen MR) is 133 cm³/mol. The molecule has 5 rings (SSSR count). The fraction of sp³-hybridized carbons (Fsp3) is 0.640. The standard InChI is InChI=1S/C18H28FN3O4.C7H8O3S/c1-2-26-16(25)17-3-6-18(7-4-17,8-5-17)21-10-14(23)22-11-12(19)9-13(22)15(20)24;1-6-2-4-7(5-3-6)11(8,9)10/h12-13,21H,2-11H2,1H3,(H2,20,24);2-5H,1H3,(H,8,9,10)/t12-,13-,17?,18?;/m0./s1. The number of hydrogen-bond acceptors (Lipinski definition) is 7. The van der Waals surface area contributed by atoms with Crippen LogP contribution in [0.1, 0.15) is 57.4 Å². The minimum atomic E-state index is -4.02. The predicted octanol–water partition coefficient (Wildman–Crippen LogP) is 1.90. The summed E-state index contributed by atoms with van der Waals surface area (Å²) in [6.07, 6.45) is 3.48. The zero-order valence-corrected chi connectivity index (χ0v) is 22.1. The fourth-order valence-corrected chi connectivity index (χ4v) is 5.93. The number of esters is 1. The van der Waals surface area contributed by atoms with Crippen molar-refractivity contribution in [2.24, 2.45) is 11.1 Å². The van der Waals surface area contributed by atoms with E-state index in [0.717, 1.165) is 44.1 Å². The molecule has 4 fully saturated rings. The van der Waals surface area contributed by atoms with Gasteiger partial charge in [0.15, 0.2) is 0 Å². The van der Waals surface area contributed by atoms with Crippen LogP contribution in [-0.4, -0.2) is 73.1 Å². The highest BCUT2D eigenvalue weighted by atomic mass is 32.2. The summed E-state index contributed by atoms with van der Waals surface area (Å²) in [5, 5.41) is 3.34. The van der Waals surface area contributed by atoms with E-state index in [4.69, 9.17) is 15.0 Å². The van der Waals surface area contributed by atoms with Crippen LogP contribution in [0.15, 0.2) is 29.2 Å². The van der Waals surface area contributed by atoms with Gasteiger partial charge in [0.05, 0.1) is 30.0 Å². The van der Waals surface area contributed by atoms with Gasteiger partial charge in [-0.2, -0.15) is 8.42 Å². The summed E-state index contributed by atoms with van der Waals surface area (Å²) >= 11 is 0. The number of likely N-dealkylation sites (tertiary alicyclic amines) is 1. The number of nitrogens with zero attached hydrogens (tertiary/aromatic N) is 1. The first-order valence-corrected chi connectivity index (χ1v) is 13.9. The first-order valence-electron chi connectivity index (χ1n) is 12.5. The molecule has 12 heteroatoms. The molecule has 10 nitrogen and oxygen atoms in total. The summed E-state index contributed by atoms with van der Waals surface area (Å²) in [5.74, 6) is -1.05. The number of carbonyl (C=O) groups excluding carboxylic acids is 3. The van der Waals surface area contributed by atoms with Crippen LogP contribution >= 0.6 is 0 Å². The second-order valence-corrected chi connectivity index (χ2v) is 11.6. The minimum absolute atomic E-state index is 0.0196. The van der Waals surface area contributed by atoms with E-state index >= 15 is 0 Å². The van der Waals surface area contributed by atoms with Crippen molar-refractivity contribution < 1.29 is 36.5 Å². The van der Waals surface area contributed by atoms with E-state index in [1.807, 2.05) is 13.8 Å². The van der Waals surface area contributed by atoms with Gasteiger partial charge in [-0.3, -0.25) is 18.9 Å². The molecule has 1 aliphatic heterocycles. The van der Waals surface area contributed by atoms with Crippen LogP contribution in [0.3, 0.4) is 0 Å². The number of ether oxygens (including phenoxy) is 1. The van der Waals surface area contributed by atoms with Gasteiger partial charge in [-0.25, -0.2) is 4.39 Å². The molecule has 0 spiro atoms. The van der Waals surface area contributed by atoms with Crippen LogP contribution < -0.4 is 11.1 Å². The number of alkyl halides is 1. The smallest absolute Gasteiger partial charge is 0.312 e. The van der Waals surface area contributed by atoms with E-state index in [1.165, 1.54) is 17.0 Å². The van der Waals surface area contributed by atoms with Crippen LogP contribution in [0.25, 0.3) is 0 Å². The number of carbonyl (C=O) groups is 3. The Hall–Kier alpha value is -2.57. The largest absolute Gasteiger partial charge is 0.466 e. The number of halogens is 1. The van der Waals surface area contributed by atoms with Gasteiger partial charge in [0.1, 0.15) is 12.2 Å². The van der Waals surface area contributed by atoms with E-state index < -0.39 is 28.2 Å². The first-order chi connectivity index (χ1) is 17.3. The number of benzene rings is 1. The van der Waals surface area contributed by atoms with Crippen LogP contribution in [0.5, 0.6) is 0 Å². The average Bonchev–Trinajstić information content (AvgIpc) is 3.26. The maximum absolute atomic E-state index is 13.6. The summed E-state index contributed by atoms with van der Waals surface area (Å²) in [7, 11) is -4.02. The van der Waals surface area contributed by atoms with E-state index in [-0.39, 0.29) is 47.2 Å². The molecule has 3 aliphatic carbocycles. The SMILES string of the molecule is CCOC(=O)C12CCC(NCC(=O)N3C[C@@H](F)C[C@H]3C(N)=O)(CC1)CC2.Cc1ccc(S(=O)(=O)O)cc1. The quantitative estimate of drug-likeness (QED) is 0.349. The summed E-state index contributed by atoms with van der Waals surface area (Å²) in [6, 6.07) is 5.13. The normalized spacial score (nSPS) is 28.8. The van der Waals surface area contributed by atoms with Crippen molar-refractivity contribution in [3.63, 3.8) is 0 Å². The number of nitrogens with one attached hydrogen (secondary N) is 1. The molecule has 1 heterocycles. The van der Waals surface area contributed by atoms with E-state index in [2.05, 4.69) is 5.32 Å². The van der Waals surface area contributed by atoms with Gasteiger partial charge in [0.2, 0.25) is 11.8 Å². The molecule has 4 aliphatic rings. The Morgan fingerprint density at radius 2 is 1.70 bits per heavy atom. The monoisotopic (exact) mass is 541 g/mol. The number of rotatable bonds is 7. The van der Waals surface area contributed by atoms with Gasteiger partial charge in [0, 0.05) is 12.0 Å². The lowest BCUT2D eigenvalue weighted by atomic mass is 9.57. The molecule has 1 saturated heterocycles. The molecule has 2 amide bonds. The lowest BCUT2D eigenvalue weighted by Gasteiger charge is -2.52. The van der Waals surface area contributed by atoms with E-state index in [1.54, 1.807) is 12.1 Å². The lowest BCUT2D eigenvalue weighted by molar-refractivity contribution is -0.163. The Labute approximate surface area is 216 Å². The van der Waals surface area contributed by atoms with Gasteiger partial charge in [-0.05, 0) is 64.5 Å². The molecule has 2 atom stereocenters. The molecule has 206 valence electrons. The van der Waals surface area contributed by atoms with Crippen molar-refractivity contribution in [3.8, 4) is 0 Å². The minimum Gasteiger partial charge on any atom is -0.466 e. The Balaban J connectivity index is 0.000000289. The molecule has 37 heavy (non-hydrogen) atoms. The number of aryl methyl sites for hydroxylation is 1. The molecule has 3 saturated carbocycles. The second-order valence-electron chi connectivity index (χ2n) is 10.2. The Morgan fingerprint density at radius 1 is 1.14 bits per heavy atom. The topological polar surface area (TPSA) is 156 Å². The third kappa shape index (κ3) is 6.85.